The molecule has 2 aromatic rings. The van der Waals surface area contributed by atoms with Crippen molar-refractivity contribution in [2.45, 2.75) is 19.8 Å². The smallest absolute Gasteiger partial charge is 0.411 e. The minimum Gasteiger partial charge on any atom is -0.447 e. The van der Waals surface area contributed by atoms with Crippen LogP contribution in [0.15, 0.2) is 48.5 Å². The van der Waals surface area contributed by atoms with Gasteiger partial charge in [0.25, 0.3) is 0 Å². The molecule has 0 aliphatic rings. The van der Waals surface area contributed by atoms with Crippen molar-refractivity contribution in [1.82, 2.24) is 0 Å². The molecule has 0 atom stereocenters. The van der Waals surface area contributed by atoms with E-state index in [0.717, 1.165) is 23.4 Å². The Labute approximate surface area is 159 Å². The number of nitriles is 2. The number of nitrogens with one attached hydrogen (secondary N) is 1. The van der Waals surface area contributed by atoms with E-state index < -0.39 is 12.0 Å². The van der Waals surface area contributed by atoms with Crippen molar-refractivity contribution < 1.29 is 9.53 Å². The van der Waals surface area contributed by atoms with E-state index >= 15 is 0 Å². The number of ether oxygens (including phenoxy) is 1. The fourth-order valence-electron chi connectivity index (χ4n) is 2.74. The summed E-state index contributed by atoms with van der Waals surface area (Å²) in [5, 5.41) is 20.8. The molecule has 0 saturated carbocycles. The molecule has 6 heteroatoms. The summed E-state index contributed by atoms with van der Waals surface area (Å²) in [7, 11) is 0. The average Bonchev–Trinajstić information content (AvgIpc) is 2.68. The fourth-order valence-corrected chi connectivity index (χ4v) is 2.74. The van der Waals surface area contributed by atoms with Crippen LogP contribution >= 0.6 is 0 Å². The standard InChI is InChI=1S/C21H22N4O2/c1-3-25(11-12-27-21(26)24-18-7-5-4-6-8-18)19-9-10-20(16(2)13-19)17(14-22)15-23/h4-10,13,17H,3,11-12H2,1-2H3,(H,24,26). The summed E-state index contributed by atoms with van der Waals surface area (Å²) in [6, 6.07) is 18.8. The third-order valence-electron chi connectivity index (χ3n) is 4.18. The summed E-state index contributed by atoms with van der Waals surface area (Å²) in [4.78, 5) is 13.9. The molecule has 2 aromatic carbocycles. The van der Waals surface area contributed by atoms with Crippen molar-refractivity contribution in [3.63, 3.8) is 0 Å². The van der Waals surface area contributed by atoms with Crippen LogP contribution in [0.3, 0.4) is 0 Å². The number of carbonyl (C=O) groups is 1. The highest BCUT2D eigenvalue weighted by Crippen LogP contribution is 2.24. The minimum absolute atomic E-state index is 0.242. The number of amides is 1. The molecule has 2 rings (SSSR count). The van der Waals surface area contributed by atoms with Crippen LogP contribution in [0, 0.1) is 29.6 Å². The number of para-hydroxylation sites is 1. The Kier molecular flexibility index (Phi) is 7.22. The van der Waals surface area contributed by atoms with Gasteiger partial charge < -0.3 is 9.64 Å². The first-order valence-corrected chi connectivity index (χ1v) is 8.72. The summed E-state index contributed by atoms with van der Waals surface area (Å²) >= 11 is 0. The predicted octanol–water partition coefficient (Wildman–Crippen LogP) is 4.20. The maximum Gasteiger partial charge on any atom is 0.411 e. The predicted molar refractivity (Wildman–Crippen MR) is 104 cm³/mol. The second-order valence-electron chi connectivity index (χ2n) is 5.94. The molecule has 0 aliphatic heterocycles. The van der Waals surface area contributed by atoms with Gasteiger partial charge in [-0.25, -0.2) is 4.79 Å². The number of carbonyl (C=O) groups excluding carboxylic acids is 1. The lowest BCUT2D eigenvalue weighted by Gasteiger charge is -2.24. The normalized spacial score (nSPS) is 9.96. The van der Waals surface area contributed by atoms with Gasteiger partial charge in [-0.3, -0.25) is 5.32 Å². The summed E-state index contributed by atoms with van der Waals surface area (Å²) in [5.41, 5.74) is 3.26. The van der Waals surface area contributed by atoms with E-state index in [1.165, 1.54) is 0 Å². The van der Waals surface area contributed by atoms with Gasteiger partial charge in [0.1, 0.15) is 6.61 Å². The molecule has 0 fully saturated rings. The third-order valence-corrected chi connectivity index (χ3v) is 4.18. The second-order valence-corrected chi connectivity index (χ2v) is 5.94. The van der Waals surface area contributed by atoms with E-state index in [2.05, 4.69) is 10.2 Å². The molecule has 0 aliphatic carbocycles. The van der Waals surface area contributed by atoms with E-state index in [4.69, 9.17) is 15.3 Å². The van der Waals surface area contributed by atoms with E-state index in [0.29, 0.717) is 12.2 Å². The summed E-state index contributed by atoms with van der Waals surface area (Å²) in [6.45, 7) is 5.42. The summed E-state index contributed by atoms with van der Waals surface area (Å²) in [6.07, 6.45) is -0.491. The third kappa shape index (κ3) is 5.49. The van der Waals surface area contributed by atoms with Crippen molar-refractivity contribution in [3.8, 4) is 12.1 Å². The lowest BCUT2D eigenvalue weighted by molar-refractivity contribution is 0.164. The van der Waals surface area contributed by atoms with Gasteiger partial charge >= 0.3 is 6.09 Å². The molecular weight excluding hydrogens is 340 g/mol. The number of benzene rings is 2. The van der Waals surface area contributed by atoms with Crippen LogP contribution < -0.4 is 10.2 Å². The molecule has 0 unspecified atom stereocenters. The number of hydrogen-bond donors (Lipinski definition) is 1. The number of nitrogens with zero attached hydrogens (tertiary/aromatic N) is 3. The Morgan fingerprint density at radius 3 is 2.48 bits per heavy atom. The van der Waals surface area contributed by atoms with Crippen LogP contribution in [0.2, 0.25) is 0 Å². The van der Waals surface area contributed by atoms with Gasteiger partial charge in [-0.15, -0.1) is 0 Å². The van der Waals surface area contributed by atoms with E-state index in [9.17, 15) is 4.79 Å². The second kappa shape index (κ2) is 9.84. The number of hydrogen-bond acceptors (Lipinski definition) is 5. The van der Waals surface area contributed by atoms with Crippen LogP contribution in [0.5, 0.6) is 0 Å². The molecule has 0 saturated heterocycles. The van der Waals surface area contributed by atoms with E-state index in [1.54, 1.807) is 12.1 Å². The van der Waals surface area contributed by atoms with E-state index in [1.807, 2.05) is 62.4 Å². The number of likely N-dealkylation sites (N-methyl/N-ethyl adjacent to an activating group) is 1. The van der Waals surface area contributed by atoms with Crippen molar-refractivity contribution in [1.29, 1.82) is 10.5 Å². The van der Waals surface area contributed by atoms with Gasteiger partial charge in [-0.1, -0.05) is 24.3 Å². The van der Waals surface area contributed by atoms with Gasteiger partial charge in [0.05, 0.1) is 18.7 Å². The maximum atomic E-state index is 11.8. The van der Waals surface area contributed by atoms with Crippen molar-refractivity contribution in [3.05, 3.63) is 59.7 Å². The molecule has 0 radical (unpaired) electrons. The van der Waals surface area contributed by atoms with Crippen molar-refractivity contribution in [2.75, 3.05) is 29.9 Å². The molecule has 0 spiro atoms. The van der Waals surface area contributed by atoms with Crippen molar-refractivity contribution in [2.24, 2.45) is 0 Å². The minimum atomic E-state index is -0.765. The molecule has 6 nitrogen and oxygen atoms in total. The molecular formula is C21H22N4O2. The van der Waals surface area contributed by atoms with Crippen molar-refractivity contribution >= 4 is 17.5 Å². The van der Waals surface area contributed by atoms with Gasteiger partial charge in [0, 0.05) is 17.9 Å². The van der Waals surface area contributed by atoms with Crippen LogP contribution in [0.4, 0.5) is 16.2 Å². The lowest BCUT2D eigenvalue weighted by atomic mass is 9.96. The average molecular weight is 362 g/mol. The van der Waals surface area contributed by atoms with Crippen LogP contribution in [-0.4, -0.2) is 25.8 Å². The summed E-state index contributed by atoms with van der Waals surface area (Å²) < 4.78 is 5.25. The zero-order valence-electron chi connectivity index (χ0n) is 15.5. The first-order chi connectivity index (χ1) is 13.1. The SMILES string of the molecule is CCN(CCOC(=O)Nc1ccccc1)c1ccc(C(C#N)C#N)c(C)c1. The molecule has 0 aromatic heterocycles. The quantitative estimate of drug-likeness (QED) is 0.797. The van der Waals surface area contributed by atoms with Crippen LogP contribution in [0.1, 0.15) is 24.0 Å². The van der Waals surface area contributed by atoms with Crippen LogP contribution in [-0.2, 0) is 4.74 Å². The van der Waals surface area contributed by atoms with Gasteiger partial charge in [-0.05, 0) is 49.2 Å². The van der Waals surface area contributed by atoms with Crippen LogP contribution in [0.25, 0.3) is 0 Å². The number of rotatable bonds is 7. The highest BCUT2D eigenvalue weighted by atomic mass is 16.5. The highest BCUT2D eigenvalue weighted by Gasteiger charge is 2.14. The van der Waals surface area contributed by atoms with Gasteiger partial charge in [0.2, 0.25) is 0 Å². The highest BCUT2D eigenvalue weighted by molar-refractivity contribution is 5.84. The monoisotopic (exact) mass is 362 g/mol. The topological polar surface area (TPSA) is 89.2 Å². The molecule has 138 valence electrons. The largest absolute Gasteiger partial charge is 0.447 e. The number of anilines is 2. The Morgan fingerprint density at radius 1 is 1.19 bits per heavy atom. The van der Waals surface area contributed by atoms with Gasteiger partial charge in [0.15, 0.2) is 5.92 Å². The van der Waals surface area contributed by atoms with E-state index in [-0.39, 0.29) is 6.61 Å². The maximum absolute atomic E-state index is 11.8. The Morgan fingerprint density at radius 2 is 1.89 bits per heavy atom. The zero-order valence-corrected chi connectivity index (χ0v) is 15.5. The first-order valence-electron chi connectivity index (χ1n) is 8.72. The Balaban J connectivity index is 1.93. The Hall–Kier alpha value is -3.51. The number of aryl methyl sites for hydroxylation is 1. The molecule has 0 heterocycles. The molecule has 1 N–H and O–H groups in total. The molecule has 0 bridgehead atoms. The first kappa shape index (κ1) is 19.8. The Bertz CT molecular complexity index is 839. The summed E-state index contributed by atoms with van der Waals surface area (Å²) in [5.74, 6) is -0.765. The lowest BCUT2D eigenvalue weighted by Crippen LogP contribution is -2.29. The fraction of sp³-hybridized carbons (Fsp3) is 0.286. The zero-order chi connectivity index (χ0) is 19.6. The molecule has 27 heavy (non-hydrogen) atoms. The molecule has 1 amide bonds. The van der Waals surface area contributed by atoms with Gasteiger partial charge in [-0.2, -0.15) is 10.5 Å².